The van der Waals surface area contributed by atoms with Crippen LogP contribution in [0.3, 0.4) is 0 Å². The van der Waals surface area contributed by atoms with Crippen LogP contribution >= 0.6 is 23.2 Å². The van der Waals surface area contributed by atoms with E-state index in [-0.39, 0.29) is 0 Å². The molecule has 0 unspecified atom stereocenters. The third-order valence-electron chi connectivity index (χ3n) is 5.53. The predicted octanol–water partition coefficient (Wildman–Crippen LogP) is 5.20. The van der Waals surface area contributed by atoms with Gasteiger partial charge in [0.1, 0.15) is 5.60 Å². The van der Waals surface area contributed by atoms with Crippen molar-refractivity contribution in [1.82, 2.24) is 15.7 Å². The molecule has 1 aliphatic heterocycles. The first kappa shape index (κ1) is 23.8. The molecule has 4 rings (SSSR count). The van der Waals surface area contributed by atoms with Crippen molar-refractivity contribution in [2.45, 2.75) is 31.9 Å². The van der Waals surface area contributed by atoms with Crippen LogP contribution in [-0.2, 0) is 0 Å². The van der Waals surface area contributed by atoms with Gasteiger partial charge in [0.25, 0.3) is 5.91 Å². The lowest BCUT2D eigenvalue weighted by molar-refractivity contribution is 0.0603. The molecule has 2 amide bonds. The molecular formula is C24H22Cl2N4O4. The Labute approximate surface area is 206 Å². The van der Waals surface area contributed by atoms with Gasteiger partial charge in [0.15, 0.2) is 0 Å². The zero-order valence-electron chi connectivity index (χ0n) is 18.4. The van der Waals surface area contributed by atoms with Gasteiger partial charge in [0.2, 0.25) is 5.88 Å². The summed E-state index contributed by atoms with van der Waals surface area (Å²) in [6.45, 7) is 3.74. The number of benzene rings is 2. The Balaban J connectivity index is 1.95. The second kappa shape index (κ2) is 9.13. The van der Waals surface area contributed by atoms with Gasteiger partial charge in [-0.2, -0.15) is 0 Å². The predicted molar refractivity (Wildman–Crippen MR) is 130 cm³/mol. The van der Waals surface area contributed by atoms with E-state index in [1.807, 2.05) is 32.0 Å². The lowest BCUT2D eigenvalue weighted by Gasteiger charge is -2.37. The number of nitrogens with one attached hydrogen (secondary N) is 2. The van der Waals surface area contributed by atoms with E-state index in [4.69, 9.17) is 38.8 Å². The number of nitrogens with zero attached hydrogens (tertiary/aromatic N) is 1. The lowest BCUT2D eigenvalue weighted by Crippen LogP contribution is -2.41. The normalized spacial score (nSPS) is 16.2. The zero-order chi connectivity index (χ0) is 24.6. The van der Waals surface area contributed by atoms with E-state index < -0.39 is 23.6 Å². The first-order chi connectivity index (χ1) is 16.1. The minimum Gasteiger partial charge on any atom is -0.471 e. The van der Waals surface area contributed by atoms with Crippen molar-refractivity contribution >= 4 is 35.2 Å². The Morgan fingerprint density at radius 1 is 1.12 bits per heavy atom. The number of fused-ring (bicyclic) bond motifs is 1. The van der Waals surface area contributed by atoms with E-state index in [9.17, 15) is 14.7 Å². The van der Waals surface area contributed by atoms with Crippen LogP contribution in [0.1, 0.15) is 42.2 Å². The molecule has 0 saturated carbocycles. The average molecular weight is 501 g/mol. The summed E-state index contributed by atoms with van der Waals surface area (Å²) < 4.78 is 6.13. The molecule has 5 N–H and O–H groups in total. The number of pyridine rings is 1. The fourth-order valence-electron chi connectivity index (χ4n) is 4.01. The van der Waals surface area contributed by atoms with Crippen molar-refractivity contribution in [3.8, 4) is 28.3 Å². The second-order valence-corrected chi connectivity index (χ2v) is 9.37. The molecule has 0 radical (unpaired) electrons. The van der Waals surface area contributed by atoms with Crippen molar-refractivity contribution in [3.05, 3.63) is 69.7 Å². The van der Waals surface area contributed by atoms with Gasteiger partial charge in [0.05, 0.1) is 16.8 Å². The van der Waals surface area contributed by atoms with Crippen LogP contribution in [0.4, 0.5) is 4.79 Å². The topological polar surface area (TPSA) is 127 Å². The van der Waals surface area contributed by atoms with E-state index in [1.165, 1.54) is 6.07 Å². The van der Waals surface area contributed by atoms with Crippen molar-refractivity contribution in [2.24, 2.45) is 5.84 Å². The molecule has 0 aliphatic carbocycles. The number of amides is 2. The van der Waals surface area contributed by atoms with Crippen LogP contribution in [0.15, 0.2) is 48.5 Å². The summed E-state index contributed by atoms with van der Waals surface area (Å²) >= 11 is 12.7. The molecule has 2 aromatic carbocycles. The van der Waals surface area contributed by atoms with Crippen LogP contribution in [-0.4, -0.2) is 27.7 Å². The minimum absolute atomic E-state index is 0.291. The van der Waals surface area contributed by atoms with E-state index in [0.29, 0.717) is 50.3 Å². The van der Waals surface area contributed by atoms with E-state index in [0.717, 1.165) is 5.56 Å². The Hall–Kier alpha value is -3.33. The summed E-state index contributed by atoms with van der Waals surface area (Å²) in [4.78, 5) is 28.2. The number of carbonyl (C=O) groups is 2. The molecule has 176 valence electrons. The lowest BCUT2D eigenvalue weighted by atomic mass is 9.88. The number of aromatic nitrogens is 1. The van der Waals surface area contributed by atoms with Gasteiger partial charge in [-0.15, -0.1) is 0 Å². The van der Waals surface area contributed by atoms with Gasteiger partial charge in [-0.25, -0.2) is 15.6 Å². The maximum Gasteiger partial charge on any atom is 0.405 e. The molecule has 34 heavy (non-hydrogen) atoms. The highest BCUT2D eigenvalue weighted by molar-refractivity contribution is 6.34. The largest absolute Gasteiger partial charge is 0.471 e. The molecule has 1 aromatic heterocycles. The Morgan fingerprint density at radius 3 is 2.44 bits per heavy atom. The van der Waals surface area contributed by atoms with E-state index >= 15 is 0 Å². The second-order valence-electron chi connectivity index (χ2n) is 8.52. The van der Waals surface area contributed by atoms with E-state index in [2.05, 4.69) is 10.7 Å². The average Bonchev–Trinajstić information content (AvgIpc) is 2.77. The van der Waals surface area contributed by atoms with Gasteiger partial charge in [-0.3, -0.25) is 10.2 Å². The number of hydrogen-bond donors (Lipinski definition) is 4. The molecule has 1 atom stereocenters. The molecule has 10 heteroatoms. The fourth-order valence-corrected chi connectivity index (χ4v) is 4.41. The summed E-state index contributed by atoms with van der Waals surface area (Å²) in [5, 5.41) is 12.8. The number of carboxylic acid groups (broad SMARTS) is 1. The number of halogens is 2. The van der Waals surface area contributed by atoms with Gasteiger partial charge in [-0.05, 0) is 49.7 Å². The summed E-state index contributed by atoms with van der Waals surface area (Å²) in [6.07, 6.45) is -0.709. The molecule has 2 heterocycles. The molecule has 1 aliphatic rings. The summed E-state index contributed by atoms with van der Waals surface area (Å²) in [5.74, 6) is 5.07. The van der Waals surface area contributed by atoms with Gasteiger partial charge in [0, 0.05) is 33.7 Å². The van der Waals surface area contributed by atoms with Crippen LogP contribution in [0, 0.1) is 0 Å². The van der Waals surface area contributed by atoms with Gasteiger partial charge in [-0.1, -0.05) is 41.4 Å². The molecule has 0 fully saturated rings. The third-order valence-corrected chi connectivity index (χ3v) is 6.09. The maximum absolute atomic E-state index is 11.9. The van der Waals surface area contributed by atoms with Crippen LogP contribution in [0.5, 0.6) is 5.88 Å². The summed E-state index contributed by atoms with van der Waals surface area (Å²) in [7, 11) is 0. The molecule has 8 nitrogen and oxygen atoms in total. The number of carbonyl (C=O) groups excluding carboxylic acids is 1. The summed E-state index contributed by atoms with van der Waals surface area (Å²) in [5.41, 5.74) is 4.92. The minimum atomic E-state index is -1.14. The van der Waals surface area contributed by atoms with Crippen LogP contribution in [0.25, 0.3) is 22.4 Å². The number of ether oxygens (including phenoxy) is 1. The van der Waals surface area contributed by atoms with Crippen LogP contribution in [0.2, 0.25) is 10.0 Å². The molecule has 0 spiro atoms. The van der Waals surface area contributed by atoms with Crippen molar-refractivity contribution < 1.29 is 19.4 Å². The number of nitrogen functional groups attached to an aromatic ring is 1. The fraction of sp³-hybridized carbons (Fsp3) is 0.208. The standard InChI is InChI=1S/C24H22Cl2N4O4/c1-24(2)11-19(28-23(32)33)17-10-16(12-3-6-14(25)7-4-12)20(29-22(17)34-24)15-8-5-13(9-18(15)26)21(31)30-27/h3-10,19,28H,11,27H2,1-2H3,(H,30,31)(H,32,33)/t19-/m1/s1. The Kier molecular flexibility index (Phi) is 6.40. The van der Waals surface area contributed by atoms with E-state index in [1.54, 1.807) is 24.3 Å². The van der Waals surface area contributed by atoms with Crippen molar-refractivity contribution in [2.75, 3.05) is 0 Å². The monoisotopic (exact) mass is 500 g/mol. The van der Waals surface area contributed by atoms with Crippen molar-refractivity contribution in [1.29, 1.82) is 0 Å². The number of nitrogens with two attached hydrogens (primary N) is 1. The number of rotatable bonds is 4. The van der Waals surface area contributed by atoms with Gasteiger partial charge < -0.3 is 15.2 Å². The highest BCUT2D eigenvalue weighted by Crippen LogP contribution is 2.44. The third kappa shape index (κ3) is 4.79. The molecule has 3 aromatic rings. The highest BCUT2D eigenvalue weighted by Gasteiger charge is 2.37. The quantitative estimate of drug-likeness (QED) is 0.221. The Bertz CT molecular complexity index is 1280. The van der Waals surface area contributed by atoms with Crippen molar-refractivity contribution in [3.63, 3.8) is 0 Å². The number of hydrazine groups is 1. The van der Waals surface area contributed by atoms with Crippen LogP contribution < -0.4 is 21.3 Å². The SMILES string of the molecule is CC1(C)C[C@@H](NC(=O)O)c2cc(-c3ccc(Cl)cc3)c(-c3ccc(C(=O)NN)cc3Cl)nc2O1. The first-order valence-electron chi connectivity index (χ1n) is 10.4. The van der Waals surface area contributed by atoms with Gasteiger partial charge >= 0.3 is 6.09 Å². The smallest absolute Gasteiger partial charge is 0.405 e. The Morgan fingerprint density at radius 2 is 1.82 bits per heavy atom. The summed E-state index contributed by atoms with van der Waals surface area (Å²) in [6, 6.07) is 13.3. The first-order valence-corrected chi connectivity index (χ1v) is 11.1. The molecule has 0 saturated heterocycles. The number of hydrogen-bond acceptors (Lipinski definition) is 5. The molecule has 0 bridgehead atoms. The maximum atomic E-state index is 11.9. The zero-order valence-corrected chi connectivity index (χ0v) is 19.9. The highest BCUT2D eigenvalue weighted by atomic mass is 35.5. The molecular weight excluding hydrogens is 479 g/mol.